The highest BCUT2D eigenvalue weighted by atomic mass is 35.5. The van der Waals surface area contributed by atoms with Gasteiger partial charge in [0.1, 0.15) is 0 Å². The Kier molecular flexibility index (Phi) is 4.67. The largest absolute Gasteiger partial charge is 0.342 e. The maximum Gasteiger partial charge on any atom is 0.222 e. The lowest BCUT2D eigenvalue weighted by molar-refractivity contribution is -0.127. The molecule has 0 spiro atoms. The van der Waals surface area contributed by atoms with Crippen molar-refractivity contribution in [2.24, 2.45) is 11.1 Å². The monoisotopic (exact) mass is 316 g/mol. The van der Waals surface area contributed by atoms with Crippen LogP contribution in [0.1, 0.15) is 12.0 Å². The molecule has 1 unspecified atom stereocenters. The summed E-state index contributed by atoms with van der Waals surface area (Å²) in [6, 6.07) is 7.47. The van der Waals surface area contributed by atoms with E-state index >= 15 is 0 Å². The highest BCUT2D eigenvalue weighted by Crippen LogP contribution is 2.19. The van der Waals surface area contributed by atoms with Crippen molar-refractivity contribution in [2.75, 3.05) is 18.8 Å². The quantitative estimate of drug-likeness (QED) is 0.880. The molecule has 1 aromatic rings. The first kappa shape index (κ1) is 15.3. The molecule has 7 heteroatoms. The van der Waals surface area contributed by atoms with Crippen LogP contribution in [0.2, 0.25) is 5.02 Å². The number of amides is 1. The summed E-state index contributed by atoms with van der Waals surface area (Å²) in [4.78, 5) is 13.5. The van der Waals surface area contributed by atoms with Gasteiger partial charge in [0.05, 0.1) is 5.75 Å². The number of rotatable bonds is 5. The van der Waals surface area contributed by atoms with Gasteiger partial charge in [-0.1, -0.05) is 23.7 Å². The highest BCUT2D eigenvalue weighted by Gasteiger charge is 2.31. The van der Waals surface area contributed by atoms with Crippen LogP contribution in [0.3, 0.4) is 0 Å². The van der Waals surface area contributed by atoms with E-state index in [0.29, 0.717) is 18.1 Å². The minimum absolute atomic E-state index is 0.00684. The molecule has 0 aliphatic carbocycles. The second kappa shape index (κ2) is 6.11. The van der Waals surface area contributed by atoms with Gasteiger partial charge in [-0.3, -0.25) is 4.79 Å². The average molecular weight is 317 g/mol. The Morgan fingerprint density at radius 1 is 1.30 bits per heavy atom. The highest BCUT2D eigenvalue weighted by molar-refractivity contribution is 7.89. The molecule has 0 saturated carbocycles. The van der Waals surface area contributed by atoms with Crippen LogP contribution in [0.5, 0.6) is 0 Å². The molecule has 0 radical (unpaired) electrons. The summed E-state index contributed by atoms with van der Waals surface area (Å²) in [5.41, 5.74) is 1.09. The molecule has 1 saturated heterocycles. The number of carbonyl (C=O) groups excluding carboxylic acids is 1. The smallest absolute Gasteiger partial charge is 0.222 e. The summed E-state index contributed by atoms with van der Waals surface area (Å²) >= 11 is 5.81. The van der Waals surface area contributed by atoms with Crippen molar-refractivity contribution in [3.8, 4) is 0 Å². The number of primary sulfonamides is 1. The normalized spacial score (nSPS) is 19.6. The van der Waals surface area contributed by atoms with E-state index in [1.807, 2.05) is 24.3 Å². The molecule has 0 aromatic heterocycles. The summed E-state index contributed by atoms with van der Waals surface area (Å²) in [7, 11) is -3.52. The molecule has 0 bridgehead atoms. The van der Waals surface area contributed by atoms with E-state index in [1.54, 1.807) is 4.90 Å². The molecule has 1 aromatic carbocycles. The van der Waals surface area contributed by atoms with Crippen LogP contribution < -0.4 is 5.14 Å². The average Bonchev–Trinajstić information content (AvgIpc) is 2.66. The SMILES string of the molecule is NS(=O)(=O)CC1CC(=O)N(CCc2ccc(Cl)cc2)C1. The van der Waals surface area contributed by atoms with Crippen LogP contribution in [0.4, 0.5) is 0 Å². The lowest BCUT2D eigenvalue weighted by atomic mass is 10.1. The van der Waals surface area contributed by atoms with E-state index in [0.717, 1.165) is 12.0 Å². The molecule has 1 aliphatic rings. The third-order valence-electron chi connectivity index (χ3n) is 3.35. The Morgan fingerprint density at radius 2 is 1.95 bits per heavy atom. The zero-order chi connectivity index (χ0) is 14.8. The fourth-order valence-electron chi connectivity index (χ4n) is 2.43. The number of benzene rings is 1. The van der Waals surface area contributed by atoms with Gasteiger partial charge in [0.15, 0.2) is 0 Å². The number of sulfonamides is 1. The van der Waals surface area contributed by atoms with Gasteiger partial charge >= 0.3 is 0 Å². The molecule has 20 heavy (non-hydrogen) atoms. The lowest BCUT2D eigenvalue weighted by Gasteiger charge is -2.16. The molecule has 1 atom stereocenters. The van der Waals surface area contributed by atoms with E-state index in [1.165, 1.54) is 0 Å². The first-order valence-electron chi connectivity index (χ1n) is 6.36. The third-order valence-corrected chi connectivity index (χ3v) is 4.53. The van der Waals surface area contributed by atoms with Crippen LogP contribution in [-0.2, 0) is 21.2 Å². The van der Waals surface area contributed by atoms with Gasteiger partial charge in [-0.15, -0.1) is 0 Å². The van der Waals surface area contributed by atoms with E-state index < -0.39 is 10.0 Å². The zero-order valence-electron chi connectivity index (χ0n) is 11.0. The molecule has 2 N–H and O–H groups in total. The second-order valence-electron chi connectivity index (χ2n) is 5.12. The molecular formula is C13H17ClN2O3S. The number of halogens is 1. The van der Waals surface area contributed by atoms with E-state index in [4.69, 9.17) is 16.7 Å². The number of hydrogen-bond donors (Lipinski definition) is 1. The van der Waals surface area contributed by atoms with Crippen LogP contribution >= 0.6 is 11.6 Å². The number of carbonyl (C=O) groups is 1. The Bertz CT molecular complexity index is 586. The van der Waals surface area contributed by atoms with E-state index in [9.17, 15) is 13.2 Å². The molecule has 1 fully saturated rings. The Morgan fingerprint density at radius 3 is 2.55 bits per heavy atom. The van der Waals surface area contributed by atoms with Crippen molar-refractivity contribution in [3.05, 3.63) is 34.9 Å². The predicted octanol–water partition coefficient (Wildman–Crippen LogP) is 1.02. The standard InChI is InChI=1S/C13H17ClN2O3S/c14-12-3-1-10(2-4-12)5-6-16-8-11(7-13(16)17)9-20(15,18)19/h1-4,11H,5-9H2,(H2,15,18,19). The molecule has 1 aliphatic heterocycles. The molecule has 1 amide bonds. The first-order chi connectivity index (χ1) is 9.33. The zero-order valence-corrected chi connectivity index (χ0v) is 12.5. The Labute approximate surface area is 123 Å². The van der Waals surface area contributed by atoms with E-state index in [2.05, 4.69) is 0 Å². The van der Waals surface area contributed by atoms with Crippen molar-refractivity contribution < 1.29 is 13.2 Å². The van der Waals surface area contributed by atoms with Crippen molar-refractivity contribution in [1.29, 1.82) is 0 Å². The molecule has 1 heterocycles. The maximum atomic E-state index is 11.8. The molecule has 5 nitrogen and oxygen atoms in total. The first-order valence-corrected chi connectivity index (χ1v) is 8.45. The van der Waals surface area contributed by atoms with Crippen LogP contribution in [-0.4, -0.2) is 38.1 Å². The minimum Gasteiger partial charge on any atom is -0.342 e. The fourth-order valence-corrected chi connectivity index (χ4v) is 3.43. The summed E-state index contributed by atoms with van der Waals surface area (Å²) in [5.74, 6) is -0.328. The van der Waals surface area contributed by atoms with Crippen LogP contribution in [0, 0.1) is 5.92 Å². The van der Waals surface area contributed by atoms with Crippen molar-refractivity contribution in [3.63, 3.8) is 0 Å². The summed E-state index contributed by atoms with van der Waals surface area (Å²) in [5, 5.41) is 5.70. The Balaban J connectivity index is 1.87. The fraction of sp³-hybridized carbons (Fsp3) is 0.462. The molecule has 110 valence electrons. The van der Waals surface area contributed by atoms with Gasteiger partial charge in [-0.25, -0.2) is 13.6 Å². The number of nitrogens with two attached hydrogens (primary N) is 1. The van der Waals surface area contributed by atoms with Gasteiger partial charge in [0.25, 0.3) is 0 Å². The number of nitrogens with zero attached hydrogens (tertiary/aromatic N) is 1. The van der Waals surface area contributed by atoms with Gasteiger partial charge in [0, 0.05) is 30.5 Å². The van der Waals surface area contributed by atoms with Crippen molar-refractivity contribution in [2.45, 2.75) is 12.8 Å². The topological polar surface area (TPSA) is 80.5 Å². The summed E-state index contributed by atoms with van der Waals surface area (Å²) < 4.78 is 22.1. The van der Waals surface area contributed by atoms with Gasteiger partial charge in [-0.2, -0.15) is 0 Å². The summed E-state index contributed by atoms with van der Waals surface area (Å²) in [6.07, 6.45) is 0.988. The van der Waals surface area contributed by atoms with Gasteiger partial charge in [-0.05, 0) is 24.1 Å². The van der Waals surface area contributed by atoms with Crippen molar-refractivity contribution >= 4 is 27.5 Å². The number of likely N-dealkylation sites (tertiary alicyclic amines) is 1. The second-order valence-corrected chi connectivity index (χ2v) is 7.21. The van der Waals surface area contributed by atoms with Crippen LogP contribution in [0.15, 0.2) is 24.3 Å². The third kappa shape index (κ3) is 4.47. The van der Waals surface area contributed by atoms with Crippen molar-refractivity contribution in [1.82, 2.24) is 4.90 Å². The summed E-state index contributed by atoms with van der Waals surface area (Å²) in [6.45, 7) is 1.05. The number of hydrogen-bond acceptors (Lipinski definition) is 3. The Hall–Kier alpha value is -1.11. The maximum absolute atomic E-state index is 11.8. The lowest BCUT2D eigenvalue weighted by Crippen LogP contribution is -2.29. The van der Waals surface area contributed by atoms with E-state index in [-0.39, 0.29) is 24.0 Å². The minimum atomic E-state index is -3.52. The molecular weight excluding hydrogens is 300 g/mol. The predicted molar refractivity (Wildman–Crippen MR) is 77.8 cm³/mol. The van der Waals surface area contributed by atoms with Gasteiger partial charge in [0.2, 0.25) is 15.9 Å². The van der Waals surface area contributed by atoms with Gasteiger partial charge < -0.3 is 4.90 Å². The molecule has 2 rings (SSSR count). The van der Waals surface area contributed by atoms with Crippen LogP contribution in [0.25, 0.3) is 0 Å².